The van der Waals surface area contributed by atoms with E-state index in [1.54, 1.807) is 36.4 Å². The van der Waals surface area contributed by atoms with Crippen LogP contribution in [-0.2, 0) is 9.53 Å². The molecule has 0 aromatic heterocycles. The molecule has 3 aromatic carbocycles. The average Bonchev–Trinajstić information content (AvgIpc) is 2.66. The molecule has 0 heterocycles. The molecule has 130 valence electrons. The third kappa shape index (κ3) is 3.95. The minimum Gasteiger partial charge on any atom is -0.452 e. The number of carbonyl (C=O) groups excluding carboxylic acids is 3. The number of carbonyl (C=O) groups is 3. The summed E-state index contributed by atoms with van der Waals surface area (Å²) in [5.74, 6) is -1.13. The van der Waals surface area contributed by atoms with Crippen LogP contribution < -0.4 is 5.32 Å². The van der Waals surface area contributed by atoms with Gasteiger partial charge in [0.05, 0.1) is 5.56 Å². The molecular formula is C21H17NO4. The summed E-state index contributed by atoms with van der Waals surface area (Å²) in [6.45, 7) is 1.04. The molecule has 0 bridgehead atoms. The van der Waals surface area contributed by atoms with Crippen LogP contribution in [0.1, 0.15) is 27.6 Å². The van der Waals surface area contributed by atoms with E-state index < -0.39 is 18.5 Å². The van der Waals surface area contributed by atoms with Gasteiger partial charge in [-0.2, -0.15) is 0 Å². The highest BCUT2D eigenvalue weighted by molar-refractivity contribution is 6.05. The maximum Gasteiger partial charge on any atom is 0.339 e. The van der Waals surface area contributed by atoms with Gasteiger partial charge in [0.1, 0.15) is 0 Å². The molecule has 0 unspecified atom stereocenters. The zero-order chi connectivity index (χ0) is 18.5. The van der Waals surface area contributed by atoms with Gasteiger partial charge in [-0.05, 0) is 35.9 Å². The number of nitrogens with one attached hydrogen (secondary N) is 1. The summed E-state index contributed by atoms with van der Waals surface area (Å²) in [5, 5.41) is 4.31. The number of hydrogen-bond acceptors (Lipinski definition) is 4. The minimum absolute atomic E-state index is 0.0940. The number of rotatable bonds is 5. The van der Waals surface area contributed by atoms with E-state index in [0.717, 1.165) is 10.8 Å². The van der Waals surface area contributed by atoms with Crippen LogP contribution in [0, 0.1) is 0 Å². The van der Waals surface area contributed by atoms with Gasteiger partial charge in [-0.1, -0.05) is 48.5 Å². The lowest BCUT2D eigenvalue weighted by molar-refractivity contribution is -0.119. The Labute approximate surface area is 150 Å². The molecule has 0 atom stereocenters. The van der Waals surface area contributed by atoms with Crippen LogP contribution in [0.5, 0.6) is 0 Å². The summed E-state index contributed by atoms with van der Waals surface area (Å²) in [7, 11) is 0. The summed E-state index contributed by atoms with van der Waals surface area (Å²) >= 11 is 0. The Kier molecular flexibility index (Phi) is 5.08. The number of fused-ring (bicyclic) bond motifs is 1. The Morgan fingerprint density at radius 1 is 0.923 bits per heavy atom. The van der Waals surface area contributed by atoms with Gasteiger partial charge < -0.3 is 10.1 Å². The van der Waals surface area contributed by atoms with Crippen molar-refractivity contribution in [3.63, 3.8) is 0 Å². The SMILES string of the molecule is CC(=O)c1cccc(NC(=O)COC(=O)c2cccc3ccccc23)c1. The number of Topliss-reactive ketones (excluding diaryl/α,β-unsaturated/α-hetero) is 1. The van der Waals surface area contributed by atoms with Crippen molar-refractivity contribution in [2.45, 2.75) is 6.92 Å². The number of esters is 1. The Morgan fingerprint density at radius 3 is 2.46 bits per heavy atom. The molecule has 0 aliphatic rings. The predicted octanol–water partition coefficient (Wildman–Crippen LogP) is 3.84. The van der Waals surface area contributed by atoms with Crippen molar-refractivity contribution in [2.24, 2.45) is 0 Å². The van der Waals surface area contributed by atoms with Crippen LogP contribution in [0.15, 0.2) is 66.7 Å². The van der Waals surface area contributed by atoms with Crippen molar-refractivity contribution in [3.05, 3.63) is 77.9 Å². The molecule has 0 fully saturated rings. The molecule has 1 N–H and O–H groups in total. The van der Waals surface area contributed by atoms with E-state index in [4.69, 9.17) is 4.74 Å². The average molecular weight is 347 g/mol. The monoisotopic (exact) mass is 347 g/mol. The third-order valence-corrected chi connectivity index (χ3v) is 3.90. The maximum atomic E-state index is 12.3. The first-order chi connectivity index (χ1) is 12.5. The molecule has 5 nitrogen and oxygen atoms in total. The predicted molar refractivity (Wildman–Crippen MR) is 99.3 cm³/mol. The Bertz CT molecular complexity index is 989. The van der Waals surface area contributed by atoms with Crippen molar-refractivity contribution >= 4 is 34.1 Å². The van der Waals surface area contributed by atoms with Crippen LogP contribution in [0.2, 0.25) is 0 Å². The van der Waals surface area contributed by atoms with Gasteiger partial charge in [0.25, 0.3) is 5.91 Å². The molecule has 0 aliphatic heterocycles. The second-order valence-electron chi connectivity index (χ2n) is 5.79. The molecule has 0 spiro atoms. The van der Waals surface area contributed by atoms with Crippen LogP contribution in [0.25, 0.3) is 10.8 Å². The molecule has 3 aromatic rings. The standard InChI is InChI=1S/C21H17NO4/c1-14(23)16-8-4-9-17(12-16)22-20(24)13-26-21(25)19-11-5-7-15-6-2-3-10-18(15)19/h2-12H,13H2,1H3,(H,22,24). The number of anilines is 1. The van der Waals surface area contributed by atoms with E-state index in [0.29, 0.717) is 16.8 Å². The number of ketones is 1. The first kappa shape index (κ1) is 17.4. The van der Waals surface area contributed by atoms with Crippen LogP contribution >= 0.6 is 0 Å². The van der Waals surface area contributed by atoms with Crippen molar-refractivity contribution in [3.8, 4) is 0 Å². The Morgan fingerprint density at radius 2 is 1.65 bits per heavy atom. The van der Waals surface area contributed by atoms with E-state index in [-0.39, 0.29) is 5.78 Å². The molecule has 1 amide bonds. The fraction of sp³-hybridized carbons (Fsp3) is 0.0952. The number of benzene rings is 3. The maximum absolute atomic E-state index is 12.3. The van der Waals surface area contributed by atoms with E-state index in [1.165, 1.54) is 6.92 Å². The molecule has 0 aliphatic carbocycles. The van der Waals surface area contributed by atoms with Gasteiger partial charge in [0.15, 0.2) is 12.4 Å². The van der Waals surface area contributed by atoms with Crippen LogP contribution in [-0.4, -0.2) is 24.3 Å². The highest BCUT2D eigenvalue weighted by Gasteiger charge is 2.13. The van der Waals surface area contributed by atoms with E-state index in [2.05, 4.69) is 5.32 Å². The lowest BCUT2D eigenvalue weighted by Gasteiger charge is -2.09. The lowest BCUT2D eigenvalue weighted by atomic mass is 10.1. The summed E-state index contributed by atoms with van der Waals surface area (Å²) in [6.07, 6.45) is 0. The topological polar surface area (TPSA) is 72.5 Å². The van der Waals surface area contributed by atoms with Crippen molar-refractivity contribution < 1.29 is 19.1 Å². The minimum atomic E-state index is -0.561. The number of amides is 1. The van der Waals surface area contributed by atoms with E-state index in [1.807, 2.05) is 30.3 Å². The Balaban J connectivity index is 1.65. The van der Waals surface area contributed by atoms with Gasteiger partial charge in [-0.3, -0.25) is 9.59 Å². The quantitative estimate of drug-likeness (QED) is 0.562. The molecule has 5 heteroatoms. The van der Waals surface area contributed by atoms with Crippen molar-refractivity contribution in [2.75, 3.05) is 11.9 Å². The van der Waals surface area contributed by atoms with Gasteiger partial charge in [0, 0.05) is 11.3 Å². The van der Waals surface area contributed by atoms with Gasteiger partial charge >= 0.3 is 5.97 Å². The van der Waals surface area contributed by atoms with Gasteiger partial charge in [0.2, 0.25) is 0 Å². The summed E-state index contributed by atoms with van der Waals surface area (Å²) in [4.78, 5) is 35.7. The lowest BCUT2D eigenvalue weighted by Crippen LogP contribution is -2.21. The second-order valence-corrected chi connectivity index (χ2v) is 5.79. The van der Waals surface area contributed by atoms with E-state index in [9.17, 15) is 14.4 Å². The second kappa shape index (κ2) is 7.61. The highest BCUT2D eigenvalue weighted by atomic mass is 16.5. The molecule has 26 heavy (non-hydrogen) atoms. The highest BCUT2D eigenvalue weighted by Crippen LogP contribution is 2.19. The zero-order valence-corrected chi connectivity index (χ0v) is 14.2. The first-order valence-electron chi connectivity index (χ1n) is 8.10. The fourth-order valence-corrected chi connectivity index (χ4v) is 2.63. The van der Waals surface area contributed by atoms with Crippen LogP contribution in [0.4, 0.5) is 5.69 Å². The molecule has 0 radical (unpaired) electrons. The molecule has 0 saturated heterocycles. The molecular weight excluding hydrogens is 330 g/mol. The van der Waals surface area contributed by atoms with Crippen LogP contribution in [0.3, 0.4) is 0 Å². The van der Waals surface area contributed by atoms with Crippen molar-refractivity contribution in [1.29, 1.82) is 0 Å². The smallest absolute Gasteiger partial charge is 0.339 e. The molecule has 3 rings (SSSR count). The first-order valence-corrected chi connectivity index (χ1v) is 8.10. The summed E-state index contributed by atoms with van der Waals surface area (Å²) < 4.78 is 5.13. The summed E-state index contributed by atoms with van der Waals surface area (Å²) in [5.41, 5.74) is 1.38. The molecule has 0 saturated carbocycles. The van der Waals surface area contributed by atoms with Gasteiger partial charge in [-0.25, -0.2) is 4.79 Å². The normalized spacial score (nSPS) is 10.3. The number of hydrogen-bond donors (Lipinski definition) is 1. The third-order valence-electron chi connectivity index (χ3n) is 3.90. The largest absolute Gasteiger partial charge is 0.452 e. The van der Waals surface area contributed by atoms with Gasteiger partial charge in [-0.15, -0.1) is 0 Å². The number of ether oxygens (including phenoxy) is 1. The fourth-order valence-electron chi connectivity index (χ4n) is 2.63. The zero-order valence-electron chi connectivity index (χ0n) is 14.2. The van der Waals surface area contributed by atoms with E-state index >= 15 is 0 Å². The van der Waals surface area contributed by atoms with Crippen molar-refractivity contribution in [1.82, 2.24) is 0 Å². The Hall–Kier alpha value is -3.47. The summed E-state index contributed by atoms with van der Waals surface area (Å²) in [6, 6.07) is 19.4.